The third kappa shape index (κ3) is 4.08. The smallest absolute Gasteiger partial charge is 0.276 e. The molecule has 0 spiro atoms. The molecular weight excluding hydrogens is 366 g/mol. The van der Waals surface area contributed by atoms with Gasteiger partial charge in [-0.15, -0.1) is 11.3 Å². The summed E-state index contributed by atoms with van der Waals surface area (Å²) in [4.78, 5) is 26.8. The number of sulfonamides is 1. The van der Waals surface area contributed by atoms with Crippen molar-refractivity contribution in [1.82, 2.24) is 15.2 Å². The van der Waals surface area contributed by atoms with Gasteiger partial charge >= 0.3 is 0 Å². The number of rotatable bonds is 5. The number of aromatic amines is 1. The Hall–Kier alpha value is -3.05. The van der Waals surface area contributed by atoms with E-state index in [9.17, 15) is 18.0 Å². The van der Waals surface area contributed by atoms with Crippen LogP contribution in [0.3, 0.4) is 0 Å². The minimum absolute atomic E-state index is 0.0294. The molecule has 0 fully saturated rings. The molecule has 9 nitrogen and oxygen atoms in total. The largest absolute Gasteiger partial charge is 0.321 e. The van der Waals surface area contributed by atoms with Gasteiger partial charge in [0.15, 0.2) is 5.13 Å². The molecule has 0 aliphatic heterocycles. The molecule has 25 heavy (non-hydrogen) atoms. The van der Waals surface area contributed by atoms with Crippen molar-refractivity contribution in [1.29, 1.82) is 0 Å². The molecule has 0 radical (unpaired) electrons. The summed E-state index contributed by atoms with van der Waals surface area (Å²) in [7, 11) is -3.75. The van der Waals surface area contributed by atoms with Crippen molar-refractivity contribution in [3.63, 3.8) is 0 Å². The zero-order valence-electron chi connectivity index (χ0n) is 12.5. The highest BCUT2D eigenvalue weighted by Gasteiger charge is 2.16. The minimum Gasteiger partial charge on any atom is -0.321 e. The molecular formula is C14H11N5O4S2. The lowest BCUT2D eigenvalue weighted by Crippen LogP contribution is -2.17. The molecule has 0 atom stereocenters. The van der Waals surface area contributed by atoms with E-state index in [1.54, 1.807) is 5.38 Å². The number of carbonyl (C=O) groups is 1. The molecule has 0 bridgehead atoms. The van der Waals surface area contributed by atoms with Crippen LogP contribution in [0.1, 0.15) is 10.5 Å². The Kier molecular flexibility index (Phi) is 4.59. The Morgan fingerprint density at radius 3 is 2.48 bits per heavy atom. The first kappa shape index (κ1) is 16.8. The van der Waals surface area contributed by atoms with E-state index in [0.717, 1.165) is 11.3 Å². The van der Waals surface area contributed by atoms with Gasteiger partial charge in [0.1, 0.15) is 5.69 Å². The van der Waals surface area contributed by atoms with Gasteiger partial charge in [0, 0.05) is 23.3 Å². The normalized spacial score (nSPS) is 11.0. The molecule has 2 aromatic heterocycles. The van der Waals surface area contributed by atoms with Gasteiger partial charge < -0.3 is 5.32 Å². The second-order valence-electron chi connectivity index (χ2n) is 4.73. The minimum atomic E-state index is -3.75. The molecule has 128 valence electrons. The molecule has 0 aliphatic carbocycles. The predicted molar refractivity (Wildman–Crippen MR) is 92.2 cm³/mol. The first-order valence-electron chi connectivity index (χ1n) is 6.83. The third-order valence-electron chi connectivity index (χ3n) is 2.99. The average Bonchev–Trinajstić information content (AvgIpc) is 3.08. The topological polar surface area (TPSA) is 134 Å². The van der Waals surface area contributed by atoms with Crippen molar-refractivity contribution in [2.45, 2.75) is 4.90 Å². The van der Waals surface area contributed by atoms with E-state index >= 15 is 0 Å². The highest BCUT2D eigenvalue weighted by molar-refractivity contribution is 7.93. The number of thiazole rings is 1. The summed E-state index contributed by atoms with van der Waals surface area (Å²) in [6.45, 7) is 0. The summed E-state index contributed by atoms with van der Waals surface area (Å²) < 4.78 is 26.8. The summed E-state index contributed by atoms with van der Waals surface area (Å²) in [5.41, 5.74) is -0.00762. The number of nitrogens with zero attached hydrogens (tertiary/aromatic N) is 2. The lowest BCUT2D eigenvalue weighted by molar-refractivity contribution is 0.102. The van der Waals surface area contributed by atoms with Crippen LogP contribution in [0.4, 0.5) is 10.8 Å². The van der Waals surface area contributed by atoms with Crippen molar-refractivity contribution in [2.75, 3.05) is 10.0 Å². The van der Waals surface area contributed by atoms with Crippen molar-refractivity contribution >= 4 is 38.1 Å². The standard InChI is InChI=1S/C14H11N5O4S2/c20-12-6-5-11(17-18-12)13(21)16-9-1-3-10(4-2-9)25(22,23)19-14-15-7-8-24-14/h1-8H,(H,15,19)(H,16,21)(H,18,20). The van der Waals surface area contributed by atoms with E-state index in [4.69, 9.17) is 0 Å². The van der Waals surface area contributed by atoms with Gasteiger partial charge in [-0.1, -0.05) is 0 Å². The van der Waals surface area contributed by atoms with E-state index in [-0.39, 0.29) is 15.7 Å². The van der Waals surface area contributed by atoms with Crippen LogP contribution in [0.2, 0.25) is 0 Å². The van der Waals surface area contributed by atoms with Gasteiger partial charge in [0.25, 0.3) is 21.5 Å². The fourth-order valence-electron chi connectivity index (χ4n) is 1.83. The van der Waals surface area contributed by atoms with Crippen LogP contribution in [-0.4, -0.2) is 29.5 Å². The Labute approximate surface area is 145 Å². The summed E-state index contributed by atoms with van der Waals surface area (Å²) >= 11 is 1.16. The first-order valence-corrected chi connectivity index (χ1v) is 9.20. The maximum Gasteiger partial charge on any atom is 0.276 e. The van der Waals surface area contributed by atoms with Crippen LogP contribution in [0, 0.1) is 0 Å². The van der Waals surface area contributed by atoms with Crippen LogP contribution in [0.25, 0.3) is 0 Å². The Morgan fingerprint density at radius 2 is 1.88 bits per heavy atom. The lowest BCUT2D eigenvalue weighted by atomic mass is 10.3. The molecule has 2 heterocycles. The molecule has 0 saturated carbocycles. The Morgan fingerprint density at radius 1 is 1.12 bits per heavy atom. The van der Waals surface area contributed by atoms with E-state index in [2.05, 4.69) is 25.2 Å². The van der Waals surface area contributed by atoms with Gasteiger partial charge in [-0.3, -0.25) is 14.3 Å². The molecule has 0 unspecified atom stereocenters. The number of nitrogens with one attached hydrogen (secondary N) is 3. The molecule has 0 aliphatic rings. The van der Waals surface area contributed by atoms with Crippen LogP contribution >= 0.6 is 11.3 Å². The van der Waals surface area contributed by atoms with Crippen LogP contribution in [0.15, 0.2) is 57.7 Å². The number of anilines is 2. The third-order valence-corrected chi connectivity index (χ3v) is 5.16. The van der Waals surface area contributed by atoms with Gasteiger partial charge in [0.05, 0.1) is 4.90 Å². The van der Waals surface area contributed by atoms with E-state index in [1.165, 1.54) is 42.6 Å². The van der Waals surface area contributed by atoms with Crippen molar-refractivity contribution in [2.24, 2.45) is 0 Å². The zero-order valence-corrected chi connectivity index (χ0v) is 14.1. The monoisotopic (exact) mass is 377 g/mol. The quantitative estimate of drug-likeness (QED) is 0.613. The summed E-state index contributed by atoms with van der Waals surface area (Å²) in [6.07, 6.45) is 1.49. The Balaban J connectivity index is 1.72. The van der Waals surface area contributed by atoms with Crippen LogP contribution < -0.4 is 15.6 Å². The van der Waals surface area contributed by atoms with Crippen molar-refractivity contribution in [3.05, 3.63) is 64.0 Å². The number of hydrogen-bond acceptors (Lipinski definition) is 7. The SMILES string of the molecule is O=C(Nc1ccc(S(=O)(=O)Nc2nccs2)cc1)c1ccc(=O)[nH]n1. The highest BCUT2D eigenvalue weighted by atomic mass is 32.2. The molecule has 3 rings (SSSR count). The van der Waals surface area contributed by atoms with Crippen molar-refractivity contribution in [3.8, 4) is 0 Å². The Bertz CT molecular complexity index is 1020. The number of carbonyl (C=O) groups excluding carboxylic acids is 1. The lowest BCUT2D eigenvalue weighted by Gasteiger charge is -2.07. The average molecular weight is 377 g/mol. The molecule has 3 aromatic rings. The number of benzene rings is 1. The van der Waals surface area contributed by atoms with Crippen LogP contribution in [0.5, 0.6) is 0 Å². The highest BCUT2D eigenvalue weighted by Crippen LogP contribution is 2.19. The van der Waals surface area contributed by atoms with Gasteiger partial charge in [-0.25, -0.2) is 18.5 Å². The van der Waals surface area contributed by atoms with E-state index in [0.29, 0.717) is 5.69 Å². The predicted octanol–water partition coefficient (Wildman–Crippen LogP) is 1.28. The van der Waals surface area contributed by atoms with Crippen molar-refractivity contribution < 1.29 is 13.2 Å². The molecule has 3 N–H and O–H groups in total. The maximum atomic E-state index is 12.2. The van der Waals surface area contributed by atoms with Crippen LogP contribution in [-0.2, 0) is 10.0 Å². The number of H-pyrrole nitrogens is 1. The zero-order chi connectivity index (χ0) is 17.9. The summed E-state index contributed by atoms with van der Waals surface area (Å²) in [5.74, 6) is -0.534. The van der Waals surface area contributed by atoms with E-state index < -0.39 is 21.5 Å². The van der Waals surface area contributed by atoms with Gasteiger partial charge in [-0.2, -0.15) is 5.10 Å². The summed E-state index contributed by atoms with van der Waals surface area (Å²) in [5, 5.41) is 10.2. The molecule has 0 saturated heterocycles. The molecule has 11 heteroatoms. The number of amides is 1. The number of aromatic nitrogens is 3. The molecule has 1 aromatic carbocycles. The molecule has 1 amide bonds. The van der Waals surface area contributed by atoms with Gasteiger partial charge in [0.2, 0.25) is 0 Å². The second kappa shape index (κ2) is 6.83. The fourth-order valence-corrected chi connectivity index (χ4v) is 3.62. The number of hydrogen-bond donors (Lipinski definition) is 3. The first-order chi connectivity index (χ1) is 11.9. The van der Waals surface area contributed by atoms with Gasteiger partial charge in [-0.05, 0) is 30.3 Å². The van der Waals surface area contributed by atoms with E-state index in [1.807, 2.05) is 0 Å². The maximum absolute atomic E-state index is 12.2. The fraction of sp³-hybridized carbons (Fsp3) is 0. The summed E-state index contributed by atoms with van der Waals surface area (Å²) in [6, 6.07) is 8.06. The second-order valence-corrected chi connectivity index (χ2v) is 7.30.